The molecule has 0 radical (unpaired) electrons. The first-order valence-electron chi connectivity index (χ1n) is 9.37. The van der Waals surface area contributed by atoms with Crippen LogP contribution in [-0.2, 0) is 9.59 Å². The van der Waals surface area contributed by atoms with Gasteiger partial charge in [0.2, 0.25) is 0 Å². The van der Waals surface area contributed by atoms with Gasteiger partial charge in [-0.25, -0.2) is 0 Å². The highest BCUT2D eigenvalue weighted by molar-refractivity contribution is 6.35. The molecule has 132 valence electrons. The molecule has 4 unspecified atom stereocenters. The zero-order chi connectivity index (χ0) is 17.1. The molecule has 2 aliphatic carbocycles. The maximum Gasteiger partial charge on any atom is 0.311 e. The first-order chi connectivity index (χ1) is 10.8. The van der Waals surface area contributed by atoms with E-state index in [-0.39, 0.29) is 11.9 Å². The van der Waals surface area contributed by atoms with E-state index in [2.05, 4.69) is 39.9 Å². The lowest BCUT2D eigenvalue weighted by atomic mass is 9.84. The minimum atomic E-state index is -0.415. The molecule has 4 atom stereocenters. The molecular weight excluding hydrogens is 288 g/mol. The Morgan fingerprint density at radius 1 is 1.00 bits per heavy atom. The fourth-order valence-corrected chi connectivity index (χ4v) is 4.55. The van der Waals surface area contributed by atoms with E-state index in [0.717, 1.165) is 11.8 Å². The molecule has 2 bridgehead atoms. The van der Waals surface area contributed by atoms with Crippen LogP contribution >= 0.6 is 0 Å². The fraction of sp³-hybridized carbons (Fsp3) is 0.895. The third-order valence-electron chi connectivity index (χ3n) is 5.45. The summed E-state index contributed by atoms with van der Waals surface area (Å²) < 4.78 is 0. The lowest BCUT2D eigenvalue weighted by molar-refractivity contribution is -0.147. The van der Waals surface area contributed by atoms with Gasteiger partial charge in [-0.05, 0) is 55.8 Å². The molecule has 2 aliphatic rings. The predicted octanol–water partition coefficient (Wildman–Crippen LogP) is 3.07. The van der Waals surface area contributed by atoms with Crippen molar-refractivity contribution in [2.24, 2.45) is 29.6 Å². The lowest BCUT2D eigenvalue weighted by Gasteiger charge is -2.30. The van der Waals surface area contributed by atoms with E-state index in [1.807, 2.05) is 0 Å². The Morgan fingerprint density at radius 2 is 1.61 bits per heavy atom. The maximum atomic E-state index is 12.5. The molecule has 2 fully saturated rings. The average Bonchev–Trinajstić information content (AvgIpc) is 3.07. The zero-order valence-electron chi connectivity index (χ0n) is 15.5. The summed E-state index contributed by atoms with van der Waals surface area (Å²) in [6.07, 6.45) is 5.21. The van der Waals surface area contributed by atoms with Gasteiger partial charge in [0, 0.05) is 19.1 Å². The highest BCUT2D eigenvalue weighted by Crippen LogP contribution is 2.49. The van der Waals surface area contributed by atoms with Gasteiger partial charge in [0.15, 0.2) is 0 Å². The van der Waals surface area contributed by atoms with Gasteiger partial charge in [-0.3, -0.25) is 9.59 Å². The van der Waals surface area contributed by atoms with E-state index < -0.39 is 5.91 Å². The van der Waals surface area contributed by atoms with Gasteiger partial charge in [-0.1, -0.05) is 34.1 Å². The number of rotatable bonds is 6. The Morgan fingerprint density at radius 3 is 2.04 bits per heavy atom. The third kappa shape index (κ3) is 4.71. The van der Waals surface area contributed by atoms with E-state index in [1.54, 1.807) is 4.90 Å². The number of amides is 2. The molecule has 0 aromatic carbocycles. The molecule has 0 aliphatic heterocycles. The summed E-state index contributed by atoms with van der Waals surface area (Å²) in [5, 5.41) is 3.00. The first-order valence-corrected chi connectivity index (χ1v) is 9.37. The number of hydrogen-bond donors (Lipinski definition) is 1. The number of fused-ring (bicyclic) bond motifs is 2. The summed E-state index contributed by atoms with van der Waals surface area (Å²) in [6, 6.07) is 0.113. The quantitative estimate of drug-likeness (QED) is 0.764. The van der Waals surface area contributed by atoms with Crippen molar-refractivity contribution in [2.75, 3.05) is 13.1 Å². The summed E-state index contributed by atoms with van der Waals surface area (Å²) in [5.74, 6) is 2.14. The maximum absolute atomic E-state index is 12.5. The Hall–Kier alpha value is -1.06. The van der Waals surface area contributed by atoms with Crippen LogP contribution in [0.5, 0.6) is 0 Å². The van der Waals surface area contributed by atoms with Gasteiger partial charge in [0.05, 0.1) is 0 Å². The molecular formula is C19H34N2O2. The first kappa shape index (κ1) is 18.3. The molecule has 0 heterocycles. The average molecular weight is 322 g/mol. The number of nitrogens with zero attached hydrogens (tertiary/aromatic N) is 1. The van der Waals surface area contributed by atoms with Gasteiger partial charge < -0.3 is 10.2 Å². The molecule has 0 aromatic heterocycles. The number of carbonyl (C=O) groups excluding carboxylic acids is 2. The topological polar surface area (TPSA) is 49.4 Å². The highest BCUT2D eigenvalue weighted by atomic mass is 16.2. The van der Waals surface area contributed by atoms with Gasteiger partial charge in [0.25, 0.3) is 0 Å². The predicted molar refractivity (Wildman–Crippen MR) is 92.8 cm³/mol. The van der Waals surface area contributed by atoms with Gasteiger partial charge in [0.1, 0.15) is 0 Å². The van der Waals surface area contributed by atoms with Crippen LogP contribution in [0, 0.1) is 29.6 Å². The molecule has 4 heteroatoms. The van der Waals surface area contributed by atoms with Crippen molar-refractivity contribution in [2.45, 2.75) is 66.3 Å². The van der Waals surface area contributed by atoms with Crippen LogP contribution in [0.25, 0.3) is 0 Å². The van der Waals surface area contributed by atoms with E-state index in [9.17, 15) is 9.59 Å². The van der Waals surface area contributed by atoms with Crippen LogP contribution in [0.15, 0.2) is 0 Å². The number of hydrogen-bond acceptors (Lipinski definition) is 2. The standard InChI is InChI=1S/C19H34N2O2/c1-12(2)10-21(11-13(3)4)19(23)18(22)20-14(5)17-9-15-6-7-16(17)8-15/h12-17H,6-11H2,1-5H3,(H,20,22). The molecule has 2 saturated carbocycles. The van der Waals surface area contributed by atoms with E-state index in [1.165, 1.54) is 25.7 Å². The SMILES string of the molecule is CC(C)CN(CC(C)C)C(=O)C(=O)NC(C)C1CC2CCC1C2. The second-order valence-electron chi connectivity index (χ2n) is 8.60. The Kier molecular flexibility index (Phi) is 6.10. The fourth-order valence-electron chi connectivity index (χ4n) is 4.55. The number of carbonyl (C=O) groups is 2. The van der Waals surface area contributed by atoms with Crippen molar-refractivity contribution in [1.82, 2.24) is 10.2 Å². The van der Waals surface area contributed by atoms with Crippen LogP contribution in [0.3, 0.4) is 0 Å². The van der Waals surface area contributed by atoms with Crippen LogP contribution in [0.2, 0.25) is 0 Å². The molecule has 0 saturated heterocycles. The molecule has 2 amide bonds. The number of nitrogens with one attached hydrogen (secondary N) is 1. The van der Waals surface area contributed by atoms with Crippen molar-refractivity contribution in [1.29, 1.82) is 0 Å². The van der Waals surface area contributed by atoms with Crippen LogP contribution < -0.4 is 5.32 Å². The summed E-state index contributed by atoms with van der Waals surface area (Å²) in [7, 11) is 0. The molecule has 0 spiro atoms. The van der Waals surface area contributed by atoms with Crippen LogP contribution in [0.1, 0.15) is 60.3 Å². The van der Waals surface area contributed by atoms with Crippen molar-refractivity contribution in [3.8, 4) is 0 Å². The molecule has 1 N–H and O–H groups in total. The molecule has 4 nitrogen and oxygen atoms in total. The Labute approximate surface area is 141 Å². The van der Waals surface area contributed by atoms with E-state index in [0.29, 0.717) is 30.8 Å². The van der Waals surface area contributed by atoms with Crippen molar-refractivity contribution in [3.05, 3.63) is 0 Å². The van der Waals surface area contributed by atoms with Crippen LogP contribution in [0.4, 0.5) is 0 Å². The second-order valence-corrected chi connectivity index (χ2v) is 8.60. The van der Waals surface area contributed by atoms with Crippen molar-refractivity contribution >= 4 is 11.8 Å². The Bertz CT molecular complexity index is 423. The zero-order valence-corrected chi connectivity index (χ0v) is 15.5. The smallest absolute Gasteiger partial charge is 0.311 e. The summed E-state index contributed by atoms with van der Waals surface area (Å²) in [5.41, 5.74) is 0. The summed E-state index contributed by atoms with van der Waals surface area (Å²) in [4.78, 5) is 26.7. The Balaban J connectivity index is 1.90. The highest BCUT2D eigenvalue weighted by Gasteiger charge is 2.42. The summed E-state index contributed by atoms with van der Waals surface area (Å²) >= 11 is 0. The monoisotopic (exact) mass is 322 g/mol. The second kappa shape index (κ2) is 7.67. The minimum absolute atomic E-state index is 0.113. The van der Waals surface area contributed by atoms with Gasteiger partial charge in [-0.2, -0.15) is 0 Å². The molecule has 2 rings (SSSR count). The largest absolute Gasteiger partial charge is 0.345 e. The lowest BCUT2D eigenvalue weighted by Crippen LogP contribution is -2.50. The van der Waals surface area contributed by atoms with Crippen LogP contribution in [-0.4, -0.2) is 35.8 Å². The molecule has 23 heavy (non-hydrogen) atoms. The van der Waals surface area contributed by atoms with E-state index in [4.69, 9.17) is 0 Å². The molecule has 0 aromatic rings. The van der Waals surface area contributed by atoms with Gasteiger partial charge >= 0.3 is 11.8 Å². The normalized spacial score (nSPS) is 27.5. The van der Waals surface area contributed by atoms with E-state index >= 15 is 0 Å². The third-order valence-corrected chi connectivity index (χ3v) is 5.45. The van der Waals surface area contributed by atoms with Crippen molar-refractivity contribution in [3.63, 3.8) is 0 Å². The summed E-state index contributed by atoms with van der Waals surface area (Å²) in [6.45, 7) is 11.7. The minimum Gasteiger partial charge on any atom is -0.345 e. The van der Waals surface area contributed by atoms with Gasteiger partial charge in [-0.15, -0.1) is 0 Å². The van der Waals surface area contributed by atoms with Crippen molar-refractivity contribution < 1.29 is 9.59 Å².